The summed E-state index contributed by atoms with van der Waals surface area (Å²) in [7, 11) is 0. The maximum absolute atomic E-state index is 11.1. The molecule has 0 amide bonds. The largest absolute Gasteiger partial charge is 0.365 e. The van der Waals surface area contributed by atoms with Crippen molar-refractivity contribution in [2.75, 3.05) is 0 Å². The Kier molecular flexibility index (Phi) is 2.12. The summed E-state index contributed by atoms with van der Waals surface area (Å²) in [5, 5.41) is 24.3. The minimum Gasteiger partial charge on any atom is -0.365 e. The van der Waals surface area contributed by atoms with Crippen LogP contribution in [0.3, 0.4) is 0 Å². The number of Topliss-reactive ketones (excluding diaryl/α,β-unsaturated/α-hetero) is 1. The first-order chi connectivity index (χ1) is 5.54. The summed E-state index contributed by atoms with van der Waals surface area (Å²) in [6, 6.07) is 0. The van der Waals surface area contributed by atoms with Crippen LogP contribution in [-0.4, -0.2) is 28.5 Å². The molecule has 0 atom stereocenters. The zero-order valence-corrected chi connectivity index (χ0v) is 6.58. The molecule has 0 aromatic carbocycles. The van der Waals surface area contributed by atoms with Gasteiger partial charge >= 0.3 is 0 Å². The van der Waals surface area contributed by atoms with E-state index in [2.05, 4.69) is 6.58 Å². The molecule has 0 aromatic heterocycles. The van der Waals surface area contributed by atoms with Crippen LogP contribution >= 0.6 is 0 Å². The highest BCUT2D eigenvalue weighted by Gasteiger charge is 2.52. The third kappa shape index (κ3) is 1.19. The molecule has 12 heavy (non-hydrogen) atoms. The third-order valence-electron chi connectivity index (χ3n) is 2.28. The van der Waals surface area contributed by atoms with Crippen LogP contribution in [0.15, 0.2) is 12.2 Å². The second-order valence-electron chi connectivity index (χ2n) is 2.99. The standard InChI is InChI=1S/C8H11NO3/c1-5(7(11)12)8(2-3-8)6(10)4-9/h4,7,9,11-12H,1-3H2. The molecule has 0 aromatic rings. The van der Waals surface area contributed by atoms with Crippen molar-refractivity contribution in [2.45, 2.75) is 19.1 Å². The van der Waals surface area contributed by atoms with Crippen LogP contribution in [0.2, 0.25) is 0 Å². The average Bonchev–Trinajstić information content (AvgIpc) is 2.82. The molecule has 0 unspecified atom stereocenters. The highest BCUT2D eigenvalue weighted by molar-refractivity contribution is 6.30. The smallest absolute Gasteiger partial charge is 0.183 e. The Hall–Kier alpha value is -1.00. The lowest BCUT2D eigenvalue weighted by Gasteiger charge is -2.15. The molecule has 4 nitrogen and oxygen atoms in total. The number of hydrogen-bond donors (Lipinski definition) is 3. The van der Waals surface area contributed by atoms with Gasteiger partial charge in [-0.25, -0.2) is 0 Å². The third-order valence-corrected chi connectivity index (χ3v) is 2.28. The fourth-order valence-corrected chi connectivity index (χ4v) is 1.24. The lowest BCUT2D eigenvalue weighted by Crippen LogP contribution is -2.25. The van der Waals surface area contributed by atoms with Crippen molar-refractivity contribution in [3.63, 3.8) is 0 Å². The van der Waals surface area contributed by atoms with E-state index in [1.165, 1.54) is 0 Å². The van der Waals surface area contributed by atoms with Gasteiger partial charge in [-0.15, -0.1) is 0 Å². The average molecular weight is 169 g/mol. The van der Waals surface area contributed by atoms with Crippen LogP contribution < -0.4 is 0 Å². The quantitative estimate of drug-likeness (QED) is 0.311. The van der Waals surface area contributed by atoms with Crippen molar-refractivity contribution in [3.8, 4) is 0 Å². The Morgan fingerprint density at radius 3 is 2.33 bits per heavy atom. The van der Waals surface area contributed by atoms with Gasteiger partial charge in [-0.2, -0.15) is 0 Å². The molecular weight excluding hydrogens is 158 g/mol. The van der Waals surface area contributed by atoms with Gasteiger partial charge in [0.15, 0.2) is 12.1 Å². The molecule has 66 valence electrons. The number of carbonyl (C=O) groups excluding carboxylic acids is 1. The van der Waals surface area contributed by atoms with Gasteiger partial charge in [0.25, 0.3) is 0 Å². The van der Waals surface area contributed by atoms with E-state index >= 15 is 0 Å². The van der Waals surface area contributed by atoms with Gasteiger partial charge < -0.3 is 15.6 Å². The molecule has 0 saturated heterocycles. The van der Waals surface area contributed by atoms with Gasteiger partial charge in [-0.3, -0.25) is 4.79 Å². The van der Waals surface area contributed by atoms with E-state index in [0.717, 1.165) is 0 Å². The highest BCUT2D eigenvalue weighted by atomic mass is 16.5. The summed E-state index contributed by atoms with van der Waals surface area (Å²) in [4.78, 5) is 11.1. The van der Waals surface area contributed by atoms with Gasteiger partial charge in [0.05, 0.1) is 11.6 Å². The molecule has 1 aliphatic rings. The number of nitrogens with one attached hydrogen (secondary N) is 1. The summed E-state index contributed by atoms with van der Waals surface area (Å²) < 4.78 is 0. The first kappa shape index (κ1) is 9.09. The molecule has 3 N–H and O–H groups in total. The van der Waals surface area contributed by atoms with Gasteiger partial charge in [0.2, 0.25) is 0 Å². The van der Waals surface area contributed by atoms with E-state index in [1.807, 2.05) is 0 Å². The van der Waals surface area contributed by atoms with E-state index in [9.17, 15) is 4.79 Å². The van der Waals surface area contributed by atoms with Crippen molar-refractivity contribution < 1.29 is 15.0 Å². The lowest BCUT2D eigenvalue weighted by atomic mass is 9.92. The maximum Gasteiger partial charge on any atom is 0.183 e. The molecule has 0 heterocycles. The van der Waals surface area contributed by atoms with E-state index in [1.54, 1.807) is 0 Å². The lowest BCUT2D eigenvalue weighted by molar-refractivity contribution is -0.117. The van der Waals surface area contributed by atoms with Crippen LogP contribution in [0.5, 0.6) is 0 Å². The van der Waals surface area contributed by atoms with Crippen molar-refractivity contribution in [2.24, 2.45) is 5.41 Å². The Morgan fingerprint density at radius 2 is 2.08 bits per heavy atom. The Balaban J connectivity index is 2.79. The second-order valence-corrected chi connectivity index (χ2v) is 2.99. The van der Waals surface area contributed by atoms with Crippen LogP contribution in [-0.2, 0) is 4.79 Å². The maximum atomic E-state index is 11.1. The Labute approximate surface area is 70.0 Å². The SMILES string of the molecule is C=C(C(O)O)C1(C(=O)C=N)CC1. The molecule has 1 saturated carbocycles. The van der Waals surface area contributed by atoms with E-state index in [-0.39, 0.29) is 11.4 Å². The van der Waals surface area contributed by atoms with Crippen molar-refractivity contribution in [1.29, 1.82) is 5.41 Å². The number of aliphatic hydroxyl groups excluding tert-OH is 1. The summed E-state index contributed by atoms with van der Waals surface area (Å²) in [5.74, 6) is -0.388. The van der Waals surface area contributed by atoms with E-state index in [4.69, 9.17) is 15.6 Å². The normalized spacial score (nSPS) is 18.9. The fraction of sp³-hybridized carbons (Fsp3) is 0.500. The second kappa shape index (κ2) is 2.80. The molecule has 0 bridgehead atoms. The number of rotatable bonds is 4. The molecular formula is C8H11NO3. The summed E-state index contributed by atoms with van der Waals surface area (Å²) in [6.07, 6.45) is 0.187. The van der Waals surface area contributed by atoms with Gasteiger partial charge in [0.1, 0.15) is 0 Å². The number of aliphatic hydroxyl groups is 2. The van der Waals surface area contributed by atoms with Crippen molar-refractivity contribution >= 4 is 12.0 Å². The van der Waals surface area contributed by atoms with Crippen molar-refractivity contribution in [3.05, 3.63) is 12.2 Å². The minimum absolute atomic E-state index is 0.107. The first-order valence-electron chi connectivity index (χ1n) is 3.65. The zero-order chi connectivity index (χ0) is 9.35. The molecule has 1 rings (SSSR count). The van der Waals surface area contributed by atoms with Crippen LogP contribution in [0.1, 0.15) is 12.8 Å². The van der Waals surface area contributed by atoms with Gasteiger partial charge in [-0.05, 0) is 18.4 Å². The number of hydrogen-bond acceptors (Lipinski definition) is 4. The monoisotopic (exact) mass is 169 g/mol. The topological polar surface area (TPSA) is 81.4 Å². The molecule has 1 aliphatic carbocycles. The predicted octanol–water partition coefficient (Wildman–Crippen LogP) is -0.148. The van der Waals surface area contributed by atoms with Crippen molar-refractivity contribution in [1.82, 2.24) is 0 Å². The fourth-order valence-electron chi connectivity index (χ4n) is 1.24. The zero-order valence-electron chi connectivity index (χ0n) is 6.58. The number of ketones is 1. The van der Waals surface area contributed by atoms with E-state index < -0.39 is 11.7 Å². The molecule has 4 heteroatoms. The van der Waals surface area contributed by atoms with Crippen LogP contribution in [0.25, 0.3) is 0 Å². The molecule has 0 radical (unpaired) electrons. The Morgan fingerprint density at radius 1 is 1.58 bits per heavy atom. The minimum atomic E-state index is -1.66. The first-order valence-corrected chi connectivity index (χ1v) is 3.65. The molecule has 0 spiro atoms. The summed E-state index contributed by atoms with van der Waals surface area (Å²) >= 11 is 0. The van der Waals surface area contributed by atoms with Crippen LogP contribution in [0, 0.1) is 10.8 Å². The predicted molar refractivity (Wildman–Crippen MR) is 42.8 cm³/mol. The summed E-state index contributed by atoms with van der Waals surface area (Å²) in [5.41, 5.74) is -0.730. The van der Waals surface area contributed by atoms with Gasteiger partial charge in [0, 0.05) is 0 Å². The van der Waals surface area contributed by atoms with Gasteiger partial charge in [-0.1, -0.05) is 6.58 Å². The Bertz CT molecular complexity index is 241. The molecule has 0 aliphatic heterocycles. The summed E-state index contributed by atoms with van der Waals surface area (Å²) in [6.45, 7) is 3.43. The molecule has 1 fully saturated rings. The van der Waals surface area contributed by atoms with Crippen LogP contribution in [0.4, 0.5) is 0 Å². The van der Waals surface area contributed by atoms with E-state index in [0.29, 0.717) is 19.1 Å². The highest BCUT2D eigenvalue weighted by Crippen LogP contribution is 2.52. The number of carbonyl (C=O) groups is 1.